The molecule has 1 amide bonds. The van der Waals surface area contributed by atoms with E-state index < -0.39 is 21.6 Å². The van der Waals surface area contributed by atoms with Crippen LogP contribution >= 0.6 is 0 Å². The quantitative estimate of drug-likeness (QED) is 0.478. The fraction of sp³-hybridized carbons (Fsp3) is 0.533. The highest BCUT2D eigenvalue weighted by Gasteiger charge is 2.23. The topological polar surface area (TPSA) is 84.5 Å². The Morgan fingerprint density at radius 3 is 2.48 bits per heavy atom. The predicted octanol–water partition coefficient (Wildman–Crippen LogP) is 0.588. The third-order valence-corrected chi connectivity index (χ3v) is 5.10. The first-order valence-electron chi connectivity index (χ1n) is 7.32. The van der Waals surface area contributed by atoms with E-state index in [1.54, 1.807) is 14.0 Å². The maximum atomic E-state index is 12.8. The molecular formula is C15H23FN2O4S. The molecule has 0 heterocycles. The van der Waals surface area contributed by atoms with Crippen LogP contribution in [0.4, 0.5) is 4.39 Å². The smallest absolute Gasteiger partial charge is 0.223 e. The van der Waals surface area contributed by atoms with Crippen LogP contribution in [-0.4, -0.2) is 53.4 Å². The van der Waals surface area contributed by atoms with Gasteiger partial charge >= 0.3 is 0 Å². The Kier molecular flexibility index (Phi) is 8.15. The molecule has 1 aromatic rings. The van der Waals surface area contributed by atoms with E-state index in [1.807, 2.05) is 0 Å². The Bertz CT molecular complexity index is 590. The van der Waals surface area contributed by atoms with Gasteiger partial charge in [0, 0.05) is 32.7 Å². The zero-order valence-electron chi connectivity index (χ0n) is 13.3. The standard InChI is InChI=1S/C15H23FN2O4S/c1-12(15(19)18-8-7-17-9-10-22-2)11-23(20,21)14-5-3-13(16)4-6-14/h3-6,12,17H,7-11H2,1-2H3,(H,18,19). The molecule has 1 atom stereocenters. The van der Waals surface area contributed by atoms with Crippen LogP contribution in [0.15, 0.2) is 29.2 Å². The minimum absolute atomic E-state index is 0.0137. The lowest BCUT2D eigenvalue weighted by Gasteiger charge is -2.13. The Morgan fingerprint density at radius 1 is 1.22 bits per heavy atom. The molecule has 0 aromatic heterocycles. The summed E-state index contributed by atoms with van der Waals surface area (Å²) in [6, 6.07) is 4.58. The molecule has 0 saturated carbocycles. The van der Waals surface area contributed by atoms with Crippen LogP contribution < -0.4 is 10.6 Å². The van der Waals surface area contributed by atoms with Gasteiger partial charge in [0.1, 0.15) is 5.82 Å². The first kappa shape index (κ1) is 19.5. The average molecular weight is 346 g/mol. The van der Waals surface area contributed by atoms with Gasteiger partial charge in [-0.15, -0.1) is 0 Å². The highest BCUT2D eigenvalue weighted by atomic mass is 32.2. The Hall–Kier alpha value is -1.51. The van der Waals surface area contributed by atoms with Crippen LogP contribution in [0.1, 0.15) is 6.92 Å². The molecule has 0 radical (unpaired) electrons. The molecule has 1 unspecified atom stereocenters. The maximum absolute atomic E-state index is 12.8. The first-order valence-corrected chi connectivity index (χ1v) is 8.97. The van der Waals surface area contributed by atoms with Crippen LogP contribution in [0.2, 0.25) is 0 Å². The number of amides is 1. The average Bonchev–Trinajstić information content (AvgIpc) is 2.50. The van der Waals surface area contributed by atoms with E-state index in [0.717, 1.165) is 12.1 Å². The zero-order valence-corrected chi connectivity index (χ0v) is 14.2. The number of carbonyl (C=O) groups excluding carboxylic acids is 1. The number of ether oxygens (including phenoxy) is 1. The zero-order chi connectivity index (χ0) is 17.3. The number of methoxy groups -OCH3 is 1. The van der Waals surface area contributed by atoms with Crippen LogP contribution in [0.5, 0.6) is 0 Å². The summed E-state index contributed by atoms with van der Waals surface area (Å²) in [4.78, 5) is 11.9. The number of hydrogen-bond donors (Lipinski definition) is 2. The molecule has 0 saturated heterocycles. The molecular weight excluding hydrogens is 323 g/mol. The SMILES string of the molecule is COCCNCCNC(=O)C(C)CS(=O)(=O)c1ccc(F)cc1. The van der Waals surface area contributed by atoms with Gasteiger partial charge in [-0.3, -0.25) is 4.79 Å². The van der Waals surface area contributed by atoms with Crippen molar-refractivity contribution in [3.05, 3.63) is 30.1 Å². The molecule has 0 aliphatic heterocycles. The summed E-state index contributed by atoms with van der Waals surface area (Å²) in [7, 11) is -2.02. The molecule has 6 nitrogen and oxygen atoms in total. The molecule has 1 rings (SSSR count). The lowest BCUT2D eigenvalue weighted by molar-refractivity contribution is -0.123. The lowest BCUT2D eigenvalue weighted by Crippen LogP contribution is -2.37. The molecule has 0 aliphatic carbocycles. The van der Waals surface area contributed by atoms with Crippen LogP contribution in [0.3, 0.4) is 0 Å². The van der Waals surface area contributed by atoms with Gasteiger partial charge in [-0.05, 0) is 24.3 Å². The monoisotopic (exact) mass is 346 g/mol. The second-order valence-electron chi connectivity index (χ2n) is 5.17. The fourth-order valence-corrected chi connectivity index (χ4v) is 3.44. The largest absolute Gasteiger partial charge is 0.383 e. The summed E-state index contributed by atoms with van der Waals surface area (Å²) in [6.07, 6.45) is 0. The van der Waals surface area contributed by atoms with Crippen molar-refractivity contribution < 1.29 is 22.3 Å². The summed E-state index contributed by atoms with van der Waals surface area (Å²) >= 11 is 0. The highest BCUT2D eigenvalue weighted by molar-refractivity contribution is 7.91. The number of benzene rings is 1. The Labute approximate surface area is 136 Å². The summed E-state index contributed by atoms with van der Waals surface area (Å²) in [5, 5.41) is 5.74. The van der Waals surface area contributed by atoms with Crippen LogP contribution in [-0.2, 0) is 19.4 Å². The van der Waals surface area contributed by atoms with Crippen molar-refractivity contribution in [2.45, 2.75) is 11.8 Å². The van der Waals surface area contributed by atoms with E-state index in [2.05, 4.69) is 10.6 Å². The van der Waals surface area contributed by atoms with E-state index in [-0.39, 0.29) is 16.6 Å². The van der Waals surface area contributed by atoms with Crippen molar-refractivity contribution in [2.24, 2.45) is 5.92 Å². The second kappa shape index (κ2) is 9.59. The Balaban J connectivity index is 2.43. The molecule has 130 valence electrons. The van der Waals surface area contributed by atoms with Crippen molar-refractivity contribution in [1.29, 1.82) is 0 Å². The minimum Gasteiger partial charge on any atom is -0.383 e. The van der Waals surface area contributed by atoms with Gasteiger partial charge in [-0.2, -0.15) is 0 Å². The third kappa shape index (κ3) is 7.06. The van der Waals surface area contributed by atoms with E-state index in [9.17, 15) is 17.6 Å². The number of sulfone groups is 1. The van der Waals surface area contributed by atoms with Gasteiger partial charge in [0.15, 0.2) is 9.84 Å². The number of halogens is 1. The summed E-state index contributed by atoms with van der Waals surface area (Å²) < 4.78 is 42.1. The molecule has 1 aromatic carbocycles. The predicted molar refractivity (Wildman–Crippen MR) is 85.4 cm³/mol. The van der Waals surface area contributed by atoms with Crippen molar-refractivity contribution >= 4 is 15.7 Å². The first-order chi connectivity index (χ1) is 10.9. The van der Waals surface area contributed by atoms with Gasteiger partial charge in [0.25, 0.3) is 0 Å². The highest BCUT2D eigenvalue weighted by Crippen LogP contribution is 2.15. The van der Waals surface area contributed by atoms with Gasteiger partial charge in [-0.25, -0.2) is 12.8 Å². The maximum Gasteiger partial charge on any atom is 0.223 e. The Morgan fingerprint density at radius 2 is 1.87 bits per heavy atom. The molecule has 23 heavy (non-hydrogen) atoms. The molecule has 0 aliphatic rings. The number of carbonyl (C=O) groups is 1. The molecule has 0 bridgehead atoms. The van der Waals surface area contributed by atoms with Gasteiger partial charge < -0.3 is 15.4 Å². The number of nitrogens with one attached hydrogen (secondary N) is 2. The van der Waals surface area contributed by atoms with Crippen LogP contribution in [0.25, 0.3) is 0 Å². The van der Waals surface area contributed by atoms with E-state index in [4.69, 9.17) is 4.74 Å². The van der Waals surface area contributed by atoms with E-state index in [1.165, 1.54) is 12.1 Å². The molecule has 8 heteroatoms. The van der Waals surface area contributed by atoms with Gasteiger partial charge in [0.2, 0.25) is 5.91 Å². The lowest BCUT2D eigenvalue weighted by atomic mass is 10.2. The number of rotatable bonds is 10. The van der Waals surface area contributed by atoms with E-state index in [0.29, 0.717) is 26.2 Å². The van der Waals surface area contributed by atoms with Gasteiger partial charge in [-0.1, -0.05) is 6.92 Å². The van der Waals surface area contributed by atoms with Gasteiger partial charge in [0.05, 0.1) is 17.3 Å². The fourth-order valence-electron chi connectivity index (χ4n) is 1.89. The molecule has 0 fully saturated rings. The molecule has 0 spiro atoms. The third-order valence-electron chi connectivity index (χ3n) is 3.17. The minimum atomic E-state index is -3.62. The summed E-state index contributed by atoms with van der Waals surface area (Å²) in [5.74, 6) is -1.84. The van der Waals surface area contributed by atoms with Crippen molar-refractivity contribution in [1.82, 2.24) is 10.6 Å². The molecule has 2 N–H and O–H groups in total. The van der Waals surface area contributed by atoms with Crippen molar-refractivity contribution in [3.63, 3.8) is 0 Å². The number of hydrogen-bond acceptors (Lipinski definition) is 5. The second-order valence-corrected chi connectivity index (χ2v) is 7.20. The van der Waals surface area contributed by atoms with E-state index >= 15 is 0 Å². The summed E-state index contributed by atoms with van der Waals surface area (Å²) in [5.41, 5.74) is 0. The van der Waals surface area contributed by atoms with Crippen molar-refractivity contribution in [2.75, 3.05) is 39.1 Å². The summed E-state index contributed by atoms with van der Waals surface area (Å²) in [6.45, 7) is 3.80. The van der Waals surface area contributed by atoms with Crippen LogP contribution in [0, 0.1) is 11.7 Å². The normalized spacial score (nSPS) is 12.8. The van der Waals surface area contributed by atoms with Crippen molar-refractivity contribution in [3.8, 4) is 0 Å².